The van der Waals surface area contributed by atoms with Crippen LogP contribution < -0.4 is 5.73 Å². The van der Waals surface area contributed by atoms with E-state index in [4.69, 9.17) is 5.73 Å². The average molecular weight is 229 g/mol. The van der Waals surface area contributed by atoms with Gasteiger partial charge in [-0.05, 0) is 50.4 Å². The highest BCUT2D eigenvalue weighted by Crippen LogP contribution is 2.22. The molecule has 0 aliphatic rings. The normalized spacial score (nSPS) is 10.8. The number of hydrogen-bond donors (Lipinski definition) is 1. The lowest BCUT2D eigenvalue weighted by Crippen LogP contribution is -2.06. The van der Waals surface area contributed by atoms with Crippen molar-refractivity contribution in [3.05, 3.63) is 47.3 Å². The molecule has 0 atom stereocenters. The summed E-state index contributed by atoms with van der Waals surface area (Å²) in [6, 6.07) is 6.38. The summed E-state index contributed by atoms with van der Waals surface area (Å²) >= 11 is 0. The van der Waals surface area contributed by atoms with Crippen molar-refractivity contribution in [1.29, 1.82) is 0 Å². The van der Waals surface area contributed by atoms with Crippen molar-refractivity contribution >= 4 is 0 Å². The second-order valence-electron chi connectivity index (χ2n) is 4.43. The van der Waals surface area contributed by atoms with Crippen LogP contribution in [-0.4, -0.2) is 16.3 Å². The molecule has 0 fully saturated rings. The Morgan fingerprint density at radius 3 is 2.76 bits per heavy atom. The fraction of sp³-hybridized carbons (Fsp3) is 0.357. The molecule has 2 aromatic rings. The minimum absolute atomic E-state index is 0.728. The minimum Gasteiger partial charge on any atom is -0.330 e. The van der Waals surface area contributed by atoms with Gasteiger partial charge in [0.25, 0.3) is 0 Å². The molecule has 3 nitrogen and oxygen atoms in total. The van der Waals surface area contributed by atoms with Crippen LogP contribution in [-0.2, 0) is 6.42 Å². The Kier molecular flexibility index (Phi) is 3.59. The van der Waals surface area contributed by atoms with E-state index in [-0.39, 0.29) is 0 Å². The van der Waals surface area contributed by atoms with Crippen molar-refractivity contribution in [2.75, 3.05) is 6.54 Å². The SMILES string of the molecule is Cc1cc(C)c(-n2cccn2)c(CCCN)c1. The van der Waals surface area contributed by atoms with E-state index in [1.165, 1.54) is 22.4 Å². The first-order valence-corrected chi connectivity index (χ1v) is 6.02. The Hall–Kier alpha value is -1.61. The van der Waals surface area contributed by atoms with Gasteiger partial charge < -0.3 is 5.73 Å². The molecule has 0 saturated carbocycles. The van der Waals surface area contributed by atoms with Crippen molar-refractivity contribution in [1.82, 2.24) is 9.78 Å². The van der Waals surface area contributed by atoms with Crippen molar-refractivity contribution in [3.63, 3.8) is 0 Å². The Morgan fingerprint density at radius 1 is 1.29 bits per heavy atom. The first kappa shape index (κ1) is 11.9. The van der Waals surface area contributed by atoms with E-state index >= 15 is 0 Å². The monoisotopic (exact) mass is 229 g/mol. The summed E-state index contributed by atoms with van der Waals surface area (Å²) in [6.45, 7) is 4.99. The molecule has 0 bridgehead atoms. The lowest BCUT2D eigenvalue weighted by atomic mass is 10.0. The number of nitrogens with two attached hydrogens (primary N) is 1. The van der Waals surface area contributed by atoms with Gasteiger partial charge in [-0.1, -0.05) is 17.7 Å². The fourth-order valence-electron chi connectivity index (χ4n) is 2.26. The average Bonchev–Trinajstić information content (AvgIpc) is 2.78. The van der Waals surface area contributed by atoms with E-state index in [1.54, 1.807) is 0 Å². The maximum absolute atomic E-state index is 5.60. The van der Waals surface area contributed by atoms with E-state index in [9.17, 15) is 0 Å². The third-order valence-corrected chi connectivity index (χ3v) is 2.91. The Bertz CT molecular complexity index is 486. The first-order valence-electron chi connectivity index (χ1n) is 6.02. The zero-order valence-corrected chi connectivity index (χ0v) is 10.5. The van der Waals surface area contributed by atoms with Crippen LogP contribution in [0.2, 0.25) is 0 Å². The Balaban J connectivity index is 2.48. The summed E-state index contributed by atoms with van der Waals surface area (Å²) in [5.41, 5.74) is 10.7. The van der Waals surface area contributed by atoms with Crippen LogP contribution in [0.1, 0.15) is 23.1 Å². The van der Waals surface area contributed by atoms with Gasteiger partial charge in [0.1, 0.15) is 0 Å². The highest BCUT2D eigenvalue weighted by Gasteiger charge is 2.09. The van der Waals surface area contributed by atoms with Crippen molar-refractivity contribution in [2.24, 2.45) is 5.73 Å². The van der Waals surface area contributed by atoms with Gasteiger partial charge in [0, 0.05) is 12.4 Å². The van der Waals surface area contributed by atoms with Crippen LogP contribution in [0.4, 0.5) is 0 Å². The molecular weight excluding hydrogens is 210 g/mol. The maximum Gasteiger partial charge on any atom is 0.0706 e. The predicted octanol–water partition coefficient (Wildman–Crippen LogP) is 2.38. The van der Waals surface area contributed by atoms with Crippen LogP contribution >= 0.6 is 0 Å². The number of rotatable bonds is 4. The summed E-state index contributed by atoms with van der Waals surface area (Å²) < 4.78 is 1.95. The summed E-state index contributed by atoms with van der Waals surface area (Å²) in [5, 5.41) is 4.33. The van der Waals surface area contributed by atoms with Gasteiger partial charge in [-0.25, -0.2) is 4.68 Å². The van der Waals surface area contributed by atoms with Gasteiger partial charge in [-0.2, -0.15) is 5.10 Å². The molecule has 0 amide bonds. The van der Waals surface area contributed by atoms with Gasteiger partial charge in [-0.3, -0.25) is 0 Å². The first-order chi connectivity index (χ1) is 8.22. The van der Waals surface area contributed by atoms with Gasteiger partial charge in [0.05, 0.1) is 5.69 Å². The van der Waals surface area contributed by atoms with Gasteiger partial charge in [-0.15, -0.1) is 0 Å². The number of aryl methyl sites for hydroxylation is 3. The van der Waals surface area contributed by atoms with Gasteiger partial charge >= 0.3 is 0 Å². The van der Waals surface area contributed by atoms with Crippen LogP contribution in [0.15, 0.2) is 30.6 Å². The molecule has 0 unspecified atom stereocenters. The topological polar surface area (TPSA) is 43.8 Å². The molecule has 1 heterocycles. The third kappa shape index (κ3) is 2.56. The molecule has 0 aliphatic heterocycles. The van der Waals surface area contributed by atoms with Gasteiger partial charge in [0.15, 0.2) is 0 Å². The quantitative estimate of drug-likeness (QED) is 0.874. The lowest BCUT2D eigenvalue weighted by Gasteiger charge is -2.14. The fourth-order valence-corrected chi connectivity index (χ4v) is 2.26. The Labute approximate surface area is 102 Å². The van der Waals surface area contributed by atoms with Gasteiger partial charge in [0.2, 0.25) is 0 Å². The van der Waals surface area contributed by atoms with Crippen molar-refractivity contribution in [2.45, 2.75) is 26.7 Å². The number of benzene rings is 1. The molecule has 2 N–H and O–H groups in total. The van der Waals surface area contributed by atoms with Crippen LogP contribution in [0, 0.1) is 13.8 Å². The van der Waals surface area contributed by atoms with Crippen LogP contribution in [0.3, 0.4) is 0 Å². The molecular formula is C14H19N3. The zero-order chi connectivity index (χ0) is 12.3. The molecule has 2 rings (SSSR count). The van der Waals surface area contributed by atoms with Crippen molar-refractivity contribution in [3.8, 4) is 5.69 Å². The molecule has 90 valence electrons. The summed E-state index contributed by atoms with van der Waals surface area (Å²) in [6.07, 6.45) is 5.82. The standard InChI is InChI=1S/C14H19N3/c1-11-9-12(2)14(17-8-4-7-16-17)13(10-11)5-3-6-15/h4,7-10H,3,5-6,15H2,1-2H3. The second kappa shape index (κ2) is 5.15. The molecule has 0 spiro atoms. The number of hydrogen-bond acceptors (Lipinski definition) is 2. The highest BCUT2D eigenvalue weighted by molar-refractivity contribution is 5.49. The molecule has 3 heteroatoms. The van der Waals surface area contributed by atoms with Crippen LogP contribution in [0.5, 0.6) is 0 Å². The van der Waals surface area contributed by atoms with Crippen molar-refractivity contribution < 1.29 is 0 Å². The third-order valence-electron chi connectivity index (χ3n) is 2.91. The number of aromatic nitrogens is 2. The Morgan fingerprint density at radius 2 is 2.12 bits per heavy atom. The smallest absolute Gasteiger partial charge is 0.0706 e. The van der Waals surface area contributed by atoms with E-state index in [0.29, 0.717) is 0 Å². The van der Waals surface area contributed by atoms with E-state index in [2.05, 4.69) is 31.1 Å². The van der Waals surface area contributed by atoms with Crippen LogP contribution in [0.25, 0.3) is 5.69 Å². The lowest BCUT2D eigenvalue weighted by molar-refractivity contribution is 0.799. The molecule has 0 radical (unpaired) electrons. The van der Waals surface area contributed by atoms with E-state index < -0.39 is 0 Å². The largest absolute Gasteiger partial charge is 0.330 e. The molecule has 1 aromatic heterocycles. The van der Waals surface area contributed by atoms with E-state index in [1.807, 2.05) is 23.1 Å². The molecule has 1 aromatic carbocycles. The highest BCUT2D eigenvalue weighted by atomic mass is 15.3. The summed E-state index contributed by atoms with van der Waals surface area (Å²) in [4.78, 5) is 0. The summed E-state index contributed by atoms with van der Waals surface area (Å²) in [5.74, 6) is 0. The molecule has 0 aliphatic carbocycles. The maximum atomic E-state index is 5.60. The molecule has 17 heavy (non-hydrogen) atoms. The molecule has 0 saturated heterocycles. The second-order valence-corrected chi connectivity index (χ2v) is 4.43. The zero-order valence-electron chi connectivity index (χ0n) is 10.5. The number of nitrogens with zero attached hydrogens (tertiary/aromatic N) is 2. The summed E-state index contributed by atoms with van der Waals surface area (Å²) in [7, 11) is 0. The van der Waals surface area contributed by atoms with E-state index in [0.717, 1.165) is 19.4 Å². The predicted molar refractivity (Wildman–Crippen MR) is 70.4 cm³/mol. The minimum atomic E-state index is 0.728.